The number of carbonyl (C=O) groups excluding carboxylic acids is 2. The first-order valence-electron chi connectivity index (χ1n) is 9.01. The Morgan fingerprint density at radius 3 is 2.35 bits per heavy atom. The van der Waals surface area contributed by atoms with Gasteiger partial charge in [0.15, 0.2) is 11.5 Å². The van der Waals surface area contributed by atoms with Crippen molar-refractivity contribution in [2.45, 2.75) is 46.0 Å². The van der Waals surface area contributed by atoms with Crippen LogP contribution in [0.4, 0.5) is 0 Å². The van der Waals surface area contributed by atoms with Crippen LogP contribution in [0.5, 0.6) is 11.5 Å². The highest BCUT2D eigenvalue weighted by molar-refractivity contribution is 6.00. The van der Waals surface area contributed by atoms with E-state index in [9.17, 15) is 9.59 Å². The highest BCUT2D eigenvalue weighted by atomic mass is 16.5. The summed E-state index contributed by atoms with van der Waals surface area (Å²) in [5, 5.41) is 5.45. The quantitative estimate of drug-likeness (QED) is 0.468. The van der Waals surface area contributed by atoms with Gasteiger partial charge in [-0.05, 0) is 30.2 Å². The van der Waals surface area contributed by atoms with E-state index in [-0.39, 0.29) is 17.5 Å². The lowest BCUT2D eigenvalue weighted by molar-refractivity contribution is -0.122. The summed E-state index contributed by atoms with van der Waals surface area (Å²) in [7, 11) is 3.11. The highest BCUT2D eigenvalue weighted by Crippen LogP contribution is 2.28. The number of benzene rings is 1. The Morgan fingerprint density at radius 2 is 1.73 bits per heavy atom. The van der Waals surface area contributed by atoms with Crippen LogP contribution < -0.4 is 20.1 Å². The smallest absolute Gasteiger partial charge is 0.267 e. The number of hydrogen-bond acceptors (Lipinski definition) is 4. The van der Waals surface area contributed by atoms with E-state index < -0.39 is 0 Å². The number of carbonyl (C=O) groups is 2. The van der Waals surface area contributed by atoms with Gasteiger partial charge in [0.2, 0.25) is 5.91 Å². The van der Waals surface area contributed by atoms with Crippen LogP contribution >= 0.6 is 0 Å². The molecule has 0 saturated carbocycles. The minimum absolute atomic E-state index is 0.207. The maximum absolute atomic E-state index is 12.4. The minimum Gasteiger partial charge on any atom is -0.493 e. The number of rotatable bonds is 11. The molecule has 0 aliphatic carbocycles. The molecule has 0 unspecified atom stereocenters. The largest absolute Gasteiger partial charge is 0.493 e. The van der Waals surface area contributed by atoms with E-state index in [4.69, 9.17) is 9.47 Å². The Bertz CT molecular complexity index is 626. The van der Waals surface area contributed by atoms with Crippen molar-refractivity contribution in [3.63, 3.8) is 0 Å². The van der Waals surface area contributed by atoms with E-state index in [1.165, 1.54) is 26.2 Å². The van der Waals surface area contributed by atoms with Crippen LogP contribution in [0.1, 0.15) is 51.5 Å². The van der Waals surface area contributed by atoms with Crippen molar-refractivity contribution in [2.75, 3.05) is 20.8 Å². The summed E-state index contributed by atoms with van der Waals surface area (Å²) < 4.78 is 10.5. The Kier molecular flexibility index (Phi) is 9.90. The van der Waals surface area contributed by atoms with Crippen molar-refractivity contribution < 1.29 is 19.1 Å². The molecule has 2 amide bonds. The molecule has 0 radical (unpaired) electrons. The monoisotopic (exact) mass is 362 g/mol. The second-order valence-corrected chi connectivity index (χ2v) is 6.02. The number of methoxy groups -OCH3 is 2. The van der Waals surface area contributed by atoms with Crippen LogP contribution in [-0.2, 0) is 9.59 Å². The Morgan fingerprint density at radius 1 is 1.04 bits per heavy atom. The third kappa shape index (κ3) is 7.59. The lowest BCUT2D eigenvalue weighted by Gasteiger charge is -2.11. The molecule has 6 heteroatoms. The van der Waals surface area contributed by atoms with Crippen LogP contribution in [0.15, 0.2) is 23.9 Å². The molecule has 0 atom stereocenters. The average Bonchev–Trinajstić information content (AvgIpc) is 2.63. The first kappa shape index (κ1) is 21.5. The molecule has 1 aromatic carbocycles. The molecule has 0 bridgehead atoms. The summed E-state index contributed by atoms with van der Waals surface area (Å²) >= 11 is 0. The van der Waals surface area contributed by atoms with E-state index in [0.29, 0.717) is 18.0 Å². The Balaban J connectivity index is 2.80. The molecule has 1 rings (SSSR count). The molecule has 144 valence electrons. The van der Waals surface area contributed by atoms with Crippen molar-refractivity contribution in [3.8, 4) is 11.5 Å². The molecule has 0 aromatic heterocycles. The first-order chi connectivity index (χ1) is 12.5. The molecule has 0 fully saturated rings. The van der Waals surface area contributed by atoms with Crippen LogP contribution in [0.2, 0.25) is 0 Å². The summed E-state index contributed by atoms with van der Waals surface area (Å²) in [6.07, 6.45) is 7.21. The van der Waals surface area contributed by atoms with Gasteiger partial charge < -0.3 is 20.1 Å². The standard InChI is InChI=1S/C20H30N2O4/c1-5-6-7-8-9-12-21-20(24)17(22-15(2)23)13-16-10-11-18(25-3)19(14-16)26-4/h10-11,13-14H,5-9,12H2,1-4H3,(H,21,24)(H,22,23)/b17-13+. The van der Waals surface area contributed by atoms with Gasteiger partial charge in [-0.25, -0.2) is 0 Å². The van der Waals surface area contributed by atoms with Crippen molar-refractivity contribution in [3.05, 3.63) is 29.5 Å². The fourth-order valence-corrected chi connectivity index (χ4v) is 2.48. The third-order valence-electron chi connectivity index (χ3n) is 3.84. The molecule has 0 spiro atoms. The van der Waals surface area contributed by atoms with E-state index in [0.717, 1.165) is 18.4 Å². The first-order valence-corrected chi connectivity index (χ1v) is 9.01. The predicted molar refractivity (Wildman–Crippen MR) is 103 cm³/mol. The van der Waals surface area contributed by atoms with Crippen LogP contribution in [-0.4, -0.2) is 32.6 Å². The number of ether oxygens (including phenoxy) is 2. The molecular weight excluding hydrogens is 332 g/mol. The number of hydrogen-bond donors (Lipinski definition) is 2. The van der Waals surface area contributed by atoms with Gasteiger partial charge in [0.25, 0.3) is 5.91 Å². The van der Waals surface area contributed by atoms with E-state index in [2.05, 4.69) is 17.6 Å². The zero-order chi connectivity index (χ0) is 19.4. The second-order valence-electron chi connectivity index (χ2n) is 6.02. The highest BCUT2D eigenvalue weighted by Gasteiger charge is 2.12. The van der Waals surface area contributed by atoms with E-state index in [1.807, 2.05) is 0 Å². The second kappa shape index (κ2) is 12.0. The van der Waals surface area contributed by atoms with Crippen LogP contribution in [0.25, 0.3) is 6.08 Å². The van der Waals surface area contributed by atoms with Gasteiger partial charge in [-0.3, -0.25) is 9.59 Å². The third-order valence-corrected chi connectivity index (χ3v) is 3.84. The Hall–Kier alpha value is -2.50. The van der Waals surface area contributed by atoms with Crippen molar-refractivity contribution in [2.24, 2.45) is 0 Å². The fourth-order valence-electron chi connectivity index (χ4n) is 2.48. The van der Waals surface area contributed by atoms with Crippen LogP contribution in [0.3, 0.4) is 0 Å². The predicted octanol–water partition coefficient (Wildman–Crippen LogP) is 3.27. The van der Waals surface area contributed by atoms with Gasteiger partial charge in [0.05, 0.1) is 14.2 Å². The number of nitrogens with one attached hydrogen (secondary N) is 2. The van der Waals surface area contributed by atoms with Gasteiger partial charge in [-0.2, -0.15) is 0 Å². The summed E-state index contributed by atoms with van der Waals surface area (Å²) in [5.74, 6) is 0.558. The molecule has 26 heavy (non-hydrogen) atoms. The topological polar surface area (TPSA) is 76.7 Å². The fraction of sp³-hybridized carbons (Fsp3) is 0.500. The van der Waals surface area contributed by atoms with Gasteiger partial charge in [-0.15, -0.1) is 0 Å². The SMILES string of the molecule is CCCCCCCNC(=O)/C(=C\c1ccc(OC)c(OC)c1)NC(C)=O. The molecular formula is C20H30N2O4. The summed E-state index contributed by atoms with van der Waals surface area (Å²) in [5.41, 5.74) is 0.933. The zero-order valence-electron chi connectivity index (χ0n) is 16.2. The van der Waals surface area contributed by atoms with Gasteiger partial charge >= 0.3 is 0 Å². The number of amides is 2. The summed E-state index contributed by atoms with van der Waals surface area (Å²) in [6, 6.07) is 5.29. The zero-order valence-corrected chi connectivity index (χ0v) is 16.2. The summed E-state index contributed by atoms with van der Waals surface area (Å²) in [4.78, 5) is 23.8. The Labute approximate surface area is 156 Å². The van der Waals surface area contributed by atoms with Crippen molar-refractivity contribution in [1.29, 1.82) is 0 Å². The molecule has 0 heterocycles. The molecule has 2 N–H and O–H groups in total. The van der Waals surface area contributed by atoms with Gasteiger partial charge in [0.1, 0.15) is 5.70 Å². The molecule has 0 saturated heterocycles. The number of unbranched alkanes of at least 4 members (excludes halogenated alkanes) is 4. The molecule has 0 aliphatic rings. The van der Waals surface area contributed by atoms with E-state index in [1.54, 1.807) is 38.5 Å². The van der Waals surface area contributed by atoms with Crippen molar-refractivity contribution >= 4 is 17.9 Å². The maximum atomic E-state index is 12.4. The average molecular weight is 362 g/mol. The molecule has 0 aliphatic heterocycles. The molecule has 6 nitrogen and oxygen atoms in total. The maximum Gasteiger partial charge on any atom is 0.267 e. The van der Waals surface area contributed by atoms with Gasteiger partial charge in [-0.1, -0.05) is 38.7 Å². The minimum atomic E-state index is -0.300. The molecule has 1 aromatic rings. The van der Waals surface area contributed by atoms with Crippen molar-refractivity contribution in [1.82, 2.24) is 10.6 Å². The van der Waals surface area contributed by atoms with Crippen LogP contribution in [0, 0.1) is 0 Å². The van der Waals surface area contributed by atoms with E-state index >= 15 is 0 Å². The van der Waals surface area contributed by atoms with Gasteiger partial charge in [0, 0.05) is 13.5 Å². The lowest BCUT2D eigenvalue weighted by Crippen LogP contribution is -2.34. The summed E-state index contributed by atoms with van der Waals surface area (Å²) in [6.45, 7) is 4.13. The lowest BCUT2D eigenvalue weighted by atomic mass is 10.1. The normalized spacial score (nSPS) is 11.0.